The van der Waals surface area contributed by atoms with Crippen LogP contribution in [0.3, 0.4) is 0 Å². The van der Waals surface area contributed by atoms with Crippen molar-refractivity contribution in [1.29, 1.82) is 0 Å². The normalized spacial score (nSPS) is 10.9. The molecule has 33 heavy (non-hydrogen) atoms. The number of halogens is 1. The van der Waals surface area contributed by atoms with Gasteiger partial charge in [-0.05, 0) is 52.8 Å². The lowest BCUT2D eigenvalue weighted by molar-refractivity contribution is 0.0499. The number of nitrogens with zero attached hydrogens (tertiary/aromatic N) is 4. The highest BCUT2D eigenvalue weighted by Crippen LogP contribution is 2.29. The number of rotatable bonds is 10. The Morgan fingerprint density at radius 1 is 1.21 bits per heavy atom. The molecule has 3 aromatic heterocycles. The van der Waals surface area contributed by atoms with E-state index in [-0.39, 0.29) is 17.9 Å². The highest BCUT2D eigenvalue weighted by Gasteiger charge is 2.13. The molecule has 1 N–H and O–H groups in total. The minimum atomic E-state index is -0.415. The third-order valence-electron chi connectivity index (χ3n) is 4.24. The van der Waals surface area contributed by atoms with Gasteiger partial charge in [0, 0.05) is 24.0 Å². The molecule has 0 aliphatic carbocycles. The van der Waals surface area contributed by atoms with E-state index < -0.39 is 5.97 Å². The van der Waals surface area contributed by atoms with Crippen LogP contribution in [-0.2, 0) is 4.74 Å². The van der Waals surface area contributed by atoms with Crippen LogP contribution in [-0.4, -0.2) is 51.0 Å². The smallest absolute Gasteiger partial charge is 0.341 e. The van der Waals surface area contributed by atoms with Crippen LogP contribution < -0.4 is 14.8 Å². The van der Waals surface area contributed by atoms with Crippen LogP contribution >= 0.6 is 12.4 Å². The molecule has 0 unspecified atom stereocenters. The van der Waals surface area contributed by atoms with E-state index in [1.807, 2.05) is 6.92 Å². The summed E-state index contributed by atoms with van der Waals surface area (Å²) in [4.78, 5) is 20.7. The van der Waals surface area contributed by atoms with Crippen molar-refractivity contribution in [3.05, 3.63) is 54.7 Å². The molecule has 0 fully saturated rings. The summed E-state index contributed by atoms with van der Waals surface area (Å²) >= 11 is 0. The Bertz CT molecular complexity index is 1040. The van der Waals surface area contributed by atoms with Gasteiger partial charge in [0.05, 0.1) is 43.1 Å². The van der Waals surface area contributed by atoms with Gasteiger partial charge in [-0.2, -0.15) is 5.10 Å². The summed E-state index contributed by atoms with van der Waals surface area (Å²) in [5.41, 5.74) is 1.03. The number of hydrogen-bond acceptors (Lipinski definition) is 8. The molecule has 0 aliphatic rings. The number of carbonyl (C=O) groups excluding carboxylic acids is 1. The first-order valence-corrected chi connectivity index (χ1v) is 10.5. The Morgan fingerprint density at radius 3 is 2.79 bits per heavy atom. The zero-order valence-corrected chi connectivity index (χ0v) is 20.1. The quantitative estimate of drug-likeness (QED) is 0.344. The topological polar surface area (TPSA) is 100 Å². The van der Waals surface area contributed by atoms with Crippen molar-refractivity contribution < 1.29 is 19.0 Å². The zero-order valence-electron chi connectivity index (χ0n) is 19.3. The van der Waals surface area contributed by atoms with E-state index >= 15 is 0 Å². The van der Waals surface area contributed by atoms with Crippen molar-refractivity contribution in [3.63, 3.8) is 0 Å². The molecule has 178 valence electrons. The maximum Gasteiger partial charge on any atom is 0.341 e. The summed E-state index contributed by atoms with van der Waals surface area (Å²) in [6, 6.07) is 5.31. The SMILES string of the molecule is CCOc1cccnc1Oc1cncc(-n2cc(C(=O)OCCCNC(C)(C)C)cn2)c1.Cl. The molecule has 0 atom stereocenters. The van der Waals surface area contributed by atoms with E-state index in [9.17, 15) is 4.79 Å². The highest BCUT2D eigenvalue weighted by atomic mass is 35.5. The van der Waals surface area contributed by atoms with E-state index in [0.29, 0.717) is 41.8 Å². The molecule has 0 bridgehead atoms. The fourth-order valence-electron chi connectivity index (χ4n) is 2.77. The molecule has 0 spiro atoms. The molecule has 0 saturated carbocycles. The lowest BCUT2D eigenvalue weighted by Gasteiger charge is -2.20. The van der Waals surface area contributed by atoms with E-state index in [1.54, 1.807) is 47.7 Å². The molecule has 3 heterocycles. The Kier molecular flexibility index (Phi) is 9.62. The average Bonchev–Trinajstić information content (AvgIpc) is 3.25. The summed E-state index contributed by atoms with van der Waals surface area (Å²) in [5.74, 6) is 0.941. The van der Waals surface area contributed by atoms with Crippen molar-refractivity contribution in [2.24, 2.45) is 0 Å². The van der Waals surface area contributed by atoms with Crippen molar-refractivity contribution in [3.8, 4) is 23.1 Å². The molecule has 10 heteroatoms. The average molecular weight is 476 g/mol. The molecule has 0 radical (unpaired) electrons. The molecule has 0 saturated heterocycles. The van der Waals surface area contributed by atoms with Crippen LogP contribution in [0.5, 0.6) is 17.4 Å². The van der Waals surface area contributed by atoms with Gasteiger partial charge in [0.15, 0.2) is 5.75 Å². The zero-order chi connectivity index (χ0) is 23.0. The van der Waals surface area contributed by atoms with E-state index in [0.717, 1.165) is 13.0 Å². The minimum Gasteiger partial charge on any atom is -0.488 e. The molecule has 0 aliphatic heterocycles. The monoisotopic (exact) mass is 475 g/mol. The van der Waals surface area contributed by atoms with E-state index in [2.05, 4.69) is 41.2 Å². The van der Waals surface area contributed by atoms with Gasteiger partial charge in [-0.15, -0.1) is 12.4 Å². The fourth-order valence-corrected chi connectivity index (χ4v) is 2.77. The summed E-state index contributed by atoms with van der Waals surface area (Å²) in [6.07, 6.45) is 8.61. The predicted molar refractivity (Wildman–Crippen MR) is 127 cm³/mol. The molecular formula is C23H30ClN5O4. The van der Waals surface area contributed by atoms with Gasteiger partial charge in [-0.3, -0.25) is 4.98 Å². The molecule has 3 rings (SSSR count). The number of ether oxygens (including phenoxy) is 3. The van der Waals surface area contributed by atoms with Gasteiger partial charge in [0.25, 0.3) is 5.88 Å². The van der Waals surface area contributed by atoms with Crippen molar-refractivity contribution in [2.75, 3.05) is 19.8 Å². The van der Waals surface area contributed by atoms with Gasteiger partial charge >= 0.3 is 5.97 Å². The highest BCUT2D eigenvalue weighted by molar-refractivity contribution is 5.88. The summed E-state index contributed by atoms with van der Waals surface area (Å²) < 4.78 is 18.3. The summed E-state index contributed by atoms with van der Waals surface area (Å²) in [6.45, 7) is 9.78. The van der Waals surface area contributed by atoms with Crippen LogP contribution in [0.25, 0.3) is 5.69 Å². The maximum atomic E-state index is 12.3. The Balaban J connectivity index is 0.00000385. The number of aromatic nitrogens is 4. The van der Waals surface area contributed by atoms with Crippen molar-refractivity contribution in [2.45, 2.75) is 39.7 Å². The van der Waals surface area contributed by atoms with Crippen LogP contribution in [0.15, 0.2) is 49.2 Å². The number of esters is 1. The van der Waals surface area contributed by atoms with Gasteiger partial charge in [-0.25, -0.2) is 14.5 Å². The van der Waals surface area contributed by atoms with Crippen LogP contribution in [0.4, 0.5) is 0 Å². The second kappa shape index (κ2) is 12.2. The molecule has 9 nitrogen and oxygen atoms in total. The van der Waals surface area contributed by atoms with Crippen molar-refractivity contribution in [1.82, 2.24) is 25.1 Å². The first-order chi connectivity index (χ1) is 15.4. The Hall–Kier alpha value is -3.17. The van der Waals surface area contributed by atoms with Gasteiger partial charge < -0.3 is 19.5 Å². The van der Waals surface area contributed by atoms with Gasteiger partial charge in [0.2, 0.25) is 0 Å². The molecule has 0 amide bonds. The minimum absolute atomic E-state index is 0. The molecule has 0 aromatic carbocycles. The third-order valence-corrected chi connectivity index (χ3v) is 4.24. The lowest BCUT2D eigenvalue weighted by atomic mass is 10.1. The van der Waals surface area contributed by atoms with Gasteiger partial charge in [-0.1, -0.05) is 0 Å². The number of pyridine rings is 2. The molecule has 3 aromatic rings. The van der Waals surface area contributed by atoms with Crippen molar-refractivity contribution >= 4 is 18.4 Å². The largest absolute Gasteiger partial charge is 0.488 e. The fraction of sp³-hybridized carbons (Fsp3) is 0.391. The predicted octanol–water partition coefficient (Wildman–Crippen LogP) is 4.21. The summed E-state index contributed by atoms with van der Waals surface area (Å²) in [7, 11) is 0. The lowest BCUT2D eigenvalue weighted by Crippen LogP contribution is -2.36. The van der Waals surface area contributed by atoms with Gasteiger partial charge in [0.1, 0.15) is 5.75 Å². The third kappa shape index (κ3) is 8.03. The van der Waals surface area contributed by atoms with Crippen LogP contribution in [0.2, 0.25) is 0 Å². The van der Waals surface area contributed by atoms with Crippen LogP contribution in [0.1, 0.15) is 44.5 Å². The second-order valence-corrected chi connectivity index (χ2v) is 8.06. The standard InChI is InChI=1S/C23H29N5O4.ClH/c1-5-30-20-8-6-9-25-21(20)32-19-12-18(14-24-15-19)28-16-17(13-27-28)22(29)31-11-7-10-26-23(2,3)4;/h6,8-9,12-16,26H,5,7,10-11H2,1-4H3;1H. The number of nitrogens with one attached hydrogen (secondary N) is 1. The number of hydrogen-bond donors (Lipinski definition) is 1. The first-order valence-electron chi connectivity index (χ1n) is 10.5. The van der Waals surface area contributed by atoms with Crippen LogP contribution in [0, 0.1) is 0 Å². The first kappa shape index (κ1) is 26.1. The second-order valence-electron chi connectivity index (χ2n) is 8.06. The Labute approximate surface area is 199 Å². The summed E-state index contributed by atoms with van der Waals surface area (Å²) in [5, 5.41) is 7.60. The number of carbonyl (C=O) groups is 1. The molecular weight excluding hydrogens is 446 g/mol. The Morgan fingerprint density at radius 2 is 2.03 bits per heavy atom. The van der Waals surface area contributed by atoms with E-state index in [1.165, 1.54) is 6.20 Å². The van der Waals surface area contributed by atoms with E-state index in [4.69, 9.17) is 14.2 Å². The maximum absolute atomic E-state index is 12.3.